The van der Waals surface area contributed by atoms with Gasteiger partial charge in [0.1, 0.15) is 11.6 Å². The van der Waals surface area contributed by atoms with Crippen molar-refractivity contribution in [1.82, 2.24) is 0 Å². The maximum Gasteiger partial charge on any atom is 0.144 e. The maximum absolute atomic E-state index is 13.1. The van der Waals surface area contributed by atoms with E-state index in [0.717, 1.165) is 31.2 Å². The molecule has 1 saturated carbocycles. The summed E-state index contributed by atoms with van der Waals surface area (Å²) in [5, 5.41) is 0. The molecule has 2 rings (SSSR count). The van der Waals surface area contributed by atoms with E-state index in [9.17, 15) is 9.18 Å². The fourth-order valence-electron chi connectivity index (χ4n) is 2.94. The molecular formula is C16H21BrFNO. The average Bonchev–Trinajstić information content (AvgIpc) is 2.43. The van der Waals surface area contributed by atoms with E-state index in [1.165, 1.54) is 12.1 Å². The number of halogens is 2. The zero-order valence-corrected chi connectivity index (χ0v) is 13.4. The Balaban J connectivity index is 2.13. The molecule has 0 radical (unpaired) electrons. The van der Waals surface area contributed by atoms with Gasteiger partial charge in [-0.05, 0) is 49.3 Å². The Labute approximate surface area is 128 Å². The first-order valence-electron chi connectivity index (χ1n) is 7.14. The number of carbonyl (C=O) groups excluding carboxylic acids is 1. The summed E-state index contributed by atoms with van der Waals surface area (Å²) >= 11 is 3.33. The molecule has 0 bridgehead atoms. The molecule has 110 valence electrons. The van der Waals surface area contributed by atoms with Gasteiger partial charge in [-0.1, -0.05) is 28.9 Å². The van der Waals surface area contributed by atoms with Crippen molar-refractivity contribution in [3.05, 3.63) is 34.1 Å². The van der Waals surface area contributed by atoms with Gasteiger partial charge in [-0.3, -0.25) is 4.79 Å². The number of hydrogen-bond donors (Lipinski definition) is 1. The lowest BCUT2D eigenvalue weighted by Gasteiger charge is -2.37. The second-order valence-electron chi connectivity index (χ2n) is 6.00. The van der Waals surface area contributed by atoms with Crippen molar-refractivity contribution in [2.24, 2.45) is 17.1 Å². The number of rotatable bonds is 4. The first kappa shape index (κ1) is 15.6. The summed E-state index contributed by atoms with van der Waals surface area (Å²) in [6.07, 6.45) is 4.21. The van der Waals surface area contributed by atoms with Gasteiger partial charge in [-0.2, -0.15) is 0 Å². The van der Waals surface area contributed by atoms with Gasteiger partial charge in [0.2, 0.25) is 0 Å². The molecule has 2 N–H and O–H groups in total. The molecule has 4 heteroatoms. The third-order valence-corrected chi connectivity index (χ3v) is 5.32. The minimum atomic E-state index is -0.375. The number of carbonyl (C=O) groups is 1. The van der Waals surface area contributed by atoms with Gasteiger partial charge in [-0.15, -0.1) is 0 Å². The Kier molecular flexibility index (Phi) is 4.97. The molecule has 20 heavy (non-hydrogen) atoms. The number of benzene rings is 1. The van der Waals surface area contributed by atoms with Gasteiger partial charge >= 0.3 is 0 Å². The van der Waals surface area contributed by atoms with E-state index in [2.05, 4.69) is 22.9 Å². The summed E-state index contributed by atoms with van der Waals surface area (Å²) in [5.41, 5.74) is 6.37. The van der Waals surface area contributed by atoms with Crippen LogP contribution in [-0.4, -0.2) is 12.3 Å². The average molecular weight is 342 g/mol. The second kappa shape index (κ2) is 6.35. The molecule has 1 aliphatic rings. The quantitative estimate of drug-likeness (QED) is 0.903. The third kappa shape index (κ3) is 3.29. The van der Waals surface area contributed by atoms with Crippen LogP contribution in [0.5, 0.6) is 0 Å². The SMILES string of the molecule is CC1CCC(CN)(C(=O)Cc2ccc(F)cc2Br)CC1. The maximum atomic E-state index is 13.1. The first-order chi connectivity index (χ1) is 9.47. The van der Waals surface area contributed by atoms with Crippen molar-refractivity contribution in [1.29, 1.82) is 0 Å². The topological polar surface area (TPSA) is 43.1 Å². The van der Waals surface area contributed by atoms with Crippen LogP contribution in [0.25, 0.3) is 0 Å². The summed E-state index contributed by atoms with van der Waals surface area (Å²) in [4.78, 5) is 12.7. The number of nitrogens with two attached hydrogens (primary N) is 1. The van der Waals surface area contributed by atoms with E-state index in [0.29, 0.717) is 23.4 Å². The number of hydrogen-bond acceptors (Lipinski definition) is 2. The molecule has 0 aliphatic heterocycles. The minimum Gasteiger partial charge on any atom is -0.329 e. The molecule has 0 unspecified atom stereocenters. The van der Waals surface area contributed by atoms with Gasteiger partial charge < -0.3 is 5.73 Å². The normalized spacial score (nSPS) is 26.5. The van der Waals surface area contributed by atoms with Crippen LogP contribution >= 0.6 is 15.9 Å². The Hall–Kier alpha value is -0.740. The van der Waals surface area contributed by atoms with Crippen LogP contribution in [0.1, 0.15) is 38.2 Å². The van der Waals surface area contributed by atoms with Crippen molar-refractivity contribution in [3.63, 3.8) is 0 Å². The zero-order chi connectivity index (χ0) is 14.8. The molecule has 0 saturated heterocycles. The number of ketones is 1. The summed E-state index contributed by atoms with van der Waals surface area (Å²) < 4.78 is 13.7. The molecule has 0 heterocycles. The van der Waals surface area contributed by atoms with Crippen molar-refractivity contribution >= 4 is 21.7 Å². The Morgan fingerprint density at radius 2 is 2.10 bits per heavy atom. The predicted molar refractivity (Wildman–Crippen MR) is 81.9 cm³/mol. The van der Waals surface area contributed by atoms with Crippen LogP contribution in [0.2, 0.25) is 0 Å². The molecule has 2 nitrogen and oxygen atoms in total. The molecule has 1 fully saturated rings. The molecule has 0 atom stereocenters. The largest absolute Gasteiger partial charge is 0.329 e. The van der Waals surface area contributed by atoms with Crippen molar-refractivity contribution < 1.29 is 9.18 Å². The van der Waals surface area contributed by atoms with Gasteiger partial charge in [0.25, 0.3) is 0 Å². The van der Waals surface area contributed by atoms with Crippen LogP contribution in [0, 0.1) is 17.2 Å². The Morgan fingerprint density at radius 1 is 1.45 bits per heavy atom. The zero-order valence-electron chi connectivity index (χ0n) is 11.8. The molecule has 1 aromatic rings. The van der Waals surface area contributed by atoms with E-state index in [-0.39, 0.29) is 17.0 Å². The van der Waals surface area contributed by atoms with Crippen LogP contribution < -0.4 is 5.73 Å². The summed E-state index contributed by atoms with van der Waals surface area (Å²) in [5.74, 6) is 0.576. The molecular weight excluding hydrogens is 321 g/mol. The Bertz CT molecular complexity index is 495. The third-order valence-electron chi connectivity index (χ3n) is 4.58. The summed E-state index contributed by atoms with van der Waals surface area (Å²) in [6, 6.07) is 4.47. The van der Waals surface area contributed by atoms with Gasteiger partial charge in [0.05, 0.1) is 0 Å². The van der Waals surface area contributed by atoms with E-state index in [4.69, 9.17) is 5.73 Å². The highest BCUT2D eigenvalue weighted by molar-refractivity contribution is 9.10. The lowest BCUT2D eigenvalue weighted by atomic mass is 9.67. The molecule has 0 amide bonds. The van der Waals surface area contributed by atoms with Crippen LogP contribution in [-0.2, 0) is 11.2 Å². The van der Waals surface area contributed by atoms with Crippen molar-refractivity contribution in [2.75, 3.05) is 6.54 Å². The lowest BCUT2D eigenvalue weighted by Crippen LogP contribution is -2.42. The first-order valence-corrected chi connectivity index (χ1v) is 7.93. The van der Waals surface area contributed by atoms with Crippen molar-refractivity contribution in [2.45, 2.75) is 39.0 Å². The van der Waals surface area contributed by atoms with Gasteiger partial charge in [0.15, 0.2) is 0 Å². The van der Waals surface area contributed by atoms with E-state index in [1.807, 2.05) is 0 Å². The highest BCUT2D eigenvalue weighted by Crippen LogP contribution is 2.40. The molecule has 0 spiro atoms. The van der Waals surface area contributed by atoms with Crippen LogP contribution in [0.15, 0.2) is 22.7 Å². The van der Waals surface area contributed by atoms with Crippen molar-refractivity contribution in [3.8, 4) is 0 Å². The van der Waals surface area contributed by atoms with Gasteiger partial charge in [-0.25, -0.2) is 4.39 Å². The van der Waals surface area contributed by atoms with E-state index in [1.54, 1.807) is 6.07 Å². The molecule has 1 aliphatic carbocycles. The monoisotopic (exact) mass is 341 g/mol. The van der Waals surface area contributed by atoms with E-state index >= 15 is 0 Å². The fraction of sp³-hybridized carbons (Fsp3) is 0.562. The lowest BCUT2D eigenvalue weighted by molar-refractivity contribution is -0.129. The second-order valence-corrected chi connectivity index (χ2v) is 6.86. The number of Topliss-reactive ketones (excluding diaryl/α,β-unsaturated/α-hetero) is 1. The highest BCUT2D eigenvalue weighted by Gasteiger charge is 2.39. The predicted octanol–water partition coefficient (Wildman–Crippen LogP) is 3.86. The van der Waals surface area contributed by atoms with Crippen LogP contribution in [0.3, 0.4) is 0 Å². The highest BCUT2D eigenvalue weighted by atomic mass is 79.9. The molecule has 0 aromatic heterocycles. The standard InChI is InChI=1S/C16H21BrFNO/c1-11-4-6-16(10-19,7-5-11)15(20)8-12-2-3-13(18)9-14(12)17/h2-3,9,11H,4-8,10,19H2,1H3. The molecule has 1 aromatic carbocycles. The smallest absolute Gasteiger partial charge is 0.144 e. The minimum absolute atomic E-state index is 0.194. The summed E-state index contributed by atoms with van der Waals surface area (Å²) in [6.45, 7) is 2.64. The Morgan fingerprint density at radius 3 is 2.65 bits per heavy atom. The summed E-state index contributed by atoms with van der Waals surface area (Å²) in [7, 11) is 0. The van der Waals surface area contributed by atoms with E-state index < -0.39 is 0 Å². The fourth-order valence-corrected chi connectivity index (χ4v) is 3.43. The van der Waals surface area contributed by atoms with Gasteiger partial charge in [0, 0.05) is 22.9 Å². The van der Waals surface area contributed by atoms with Crippen LogP contribution in [0.4, 0.5) is 4.39 Å².